The lowest BCUT2D eigenvalue weighted by atomic mass is 10.0. The topological polar surface area (TPSA) is 108 Å². The van der Waals surface area contributed by atoms with Gasteiger partial charge in [-0.2, -0.15) is 0 Å². The van der Waals surface area contributed by atoms with E-state index in [1.807, 2.05) is 23.5 Å². The standard InChI is InChI=1S/C22H24N2O5/c1-14(2)19(20(25)24-22(23)27)29-21(26)17(15-9-5-4-6-10-15)13-16-11-7-8-12-18(16)28-3/h4-14,19H,1-3H3,(H3,23,24,25,27)/b17-13+/t19-/m0/s1. The smallest absolute Gasteiger partial charge is 0.339 e. The minimum Gasteiger partial charge on any atom is -0.496 e. The second kappa shape index (κ2) is 10.1. The number of primary amides is 1. The van der Waals surface area contributed by atoms with Crippen LogP contribution >= 0.6 is 0 Å². The zero-order valence-corrected chi connectivity index (χ0v) is 16.5. The first-order valence-corrected chi connectivity index (χ1v) is 9.05. The van der Waals surface area contributed by atoms with Crippen LogP contribution in [0, 0.1) is 5.92 Å². The van der Waals surface area contributed by atoms with E-state index in [1.54, 1.807) is 56.3 Å². The molecule has 0 aliphatic heterocycles. The number of nitrogens with two attached hydrogens (primary N) is 1. The Morgan fingerprint density at radius 1 is 1.00 bits per heavy atom. The molecule has 0 saturated carbocycles. The van der Waals surface area contributed by atoms with Crippen LogP contribution < -0.4 is 15.8 Å². The molecule has 1 atom stereocenters. The second-order valence-corrected chi connectivity index (χ2v) is 6.59. The zero-order chi connectivity index (χ0) is 21.4. The van der Waals surface area contributed by atoms with Crippen LogP contribution in [0.2, 0.25) is 0 Å². The van der Waals surface area contributed by atoms with Crippen LogP contribution in [0.25, 0.3) is 11.6 Å². The van der Waals surface area contributed by atoms with E-state index in [-0.39, 0.29) is 11.5 Å². The molecule has 0 fully saturated rings. The van der Waals surface area contributed by atoms with Gasteiger partial charge in [0.15, 0.2) is 6.10 Å². The number of hydrogen-bond donors (Lipinski definition) is 2. The number of nitrogens with one attached hydrogen (secondary N) is 1. The van der Waals surface area contributed by atoms with Gasteiger partial charge in [-0.05, 0) is 23.6 Å². The van der Waals surface area contributed by atoms with Crippen LogP contribution in [-0.2, 0) is 14.3 Å². The Morgan fingerprint density at radius 2 is 1.62 bits per heavy atom. The van der Waals surface area contributed by atoms with Crippen LogP contribution in [0.1, 0.15) is 25.0 Å². The first-order valence-electron chi connectivity index (χ1n) is 9.05. The first kappa shape index (κ1) is 21.7. The van der Waals surface area contributed by atoms with Crippen molar-refractivity contribution >= 4 is 29.6 Å². The molecule has 7 nitrogen and oxygen atoms in total. The first-order chi connectivity index (χ1) is 13.8. The number of rotatable bonds is 7. The highest BCUT2D eigenvalue weighted by Gasteiger charge is 2.29. The van der Waals surface area contributed by atoms with Crippen molar-refractivity contribution in [1.29, 1.82) is 0 Å². The number of methoxy groups -OCH3 is 1. The normalized spacial score (nSPS) is 12.2. The molecule has 0 heterocycles. The number of imide groups is 1. The molecule has 3 amide bonds. The van der Waals surface area contributed by atoms with Crippen molar-refractivity contribution in [2.75, 3.05) is 7.11 Å². The molecule has 2 aromatic carbocycles. The van der Waals surface area contributed by atoms with Gasteiger partial charge in [0.2, 0.25) is 0 Å². The number of para-hydroxylation sites is 1. The van der Waals surface area contributed by atoms with Crippen LogP contribution in [0.4, 0.5) is 4.79 Å². The van der Waals surface area contributed by atoms with Crippen LogP contribution in [-0.4, -0.2) is 31.1 Å². The summed E-state index contributed by atoms with van der Waals surface area (Å²) >= 11 is 0. The van der Waals surface area contributed by atoms with Gasteiger partial charge < -0.3 is 15.2 Å². The summed E-state index contributed by atoms with van der Waals surface area (Å²) in [6, 6.07) is 15.1. The van der Waals surface area contributed by atoms with Gasteiger partial charge in [-0.15, -0.1) is 0 Å². The number of amides is 3. The van der Waals surface area contributed by atoms with E-state index >= 15 is 0 Å². The lowest BCUT2D eigenvalue weighted by Gasteiger charge is -2.21. The van der Waals surface area contributed by atoms with Crippen molar-refractivity contribution in [2.24, 2.45) is 11.7 Å². The molecule has 0 aromatic heterocycles. The fourth-order valence-electron chi connectivity index (χ4n) is 2.68. The maximum absolute atomic E-state index is 13.0. The number of hydrogen-bond acceptors (Lipinski definition) is 5. The number of urea groups is 1. The molecule has 0 aliphatic carbocycles. The third-order valence-corrected chi connectivity index (χ3v) is 4.09. The van der Waals surface area contributed by atoms with Crippen molar-refractivity contribution in [3.8, 4) is 5.75 Å². The van der Waals surface area contributed by atoms with Gasteiger partial charge in [-0.25, -0.2) is 9.59 Å². The Bertz CT molecular complexity index is 906. The molecule has 152 valence electrons. The molecule has 0 unspecified atom stereocenters. The molecule has 29 heavy (non-hydrogen) atoms. The highest BCUT2D eigenvalue weighted by atomic mass is 16.5. The van der Waals surface area contributed by atoms with E-state index in [9.17, 15) is 14.4 Å². The maximum atomic E-state index is 13.0. The Morgan fingerprint density at radius 3 is 2.21 bits per heavy atom. The van der Waals surface area contributed by atoms with Gasteiger partial charge in [0.25, 0.3) is 5.91 Å². The summed E-state index contributed by atoms with van der Waals surface area (Å²) in [6.07, 6.45) is 0.458. The predicted octanol–water partition coefficient (Wildman–Crippen LogP) is 3.00. The average Bonchev–Trinajstić information content (AvgIpc) is 2.70. The fourth-order valence-corrected chi connectivity index (χ4v) is 2.68. The molecule has 0 aliphatic rings. The van der Waals surface area contributed by atoms with Crippen LogP contribution in [0.15, 0.2) is 54.6 Å². The van der Waals surface area contributed by atoms with E-state index in [0.29, 0.717) is 16.9 Å². The SMILES string of the molecule is COc1ccccc1/C=C(/C(=O)O[C@H](C(=O)NC(N)=O)C(C)C)c1ccccc1. The van der Waals surface area contributed by atoms with Crippen molar-refractivity contribution in [3.05, 3.63) is 65.7 Å². The number of benzene rings is 2. The Hall–Kier alpha value is -3.61. The zero-order valence-electron chi connectivity index (χ0n) is 16.5. The molecular weight excluding hydrogens is 372 g/mol. The summed E-state index contributed by atoms with van der Waals surface area (Å²) in [7, 11) is 1.54. The third kappa shape index (κ3) is 5.93. The summed E-state index contributed by atoms with van der Waals surface area (Å²) in [5, 5.41) is 1.96. The van der Waals surface area contributed by atoms with Gasteiger partial charge in [0.05, 0.1) is 12.7 Å². The monoisotopic (exact) mass is 396 g/mol. The van der Waals surface area contributed by atoms with E-state index < -0.39 is 24.0 Å². The molecule has 2 aromatic rings. The quantitative estimate of drug-likeness (QED) is 0.425. The van der Waals surface area contributed by atoms with Gasteiger partial charge >= 0.3 is 12.0 Å². The third-order valence-electron chi connectivity index (χ3n) is 4.09. The van der Waals surface area contributed by atoms with Crippen LogP contribution in [0.5, 0.6) is 5.75 Å². The number of ether oxygens (including phenoxy) is 2. The molecule has 7 heteroatoms. The molecule has 0 spiro atoms. The molecule has 3 N–H and O–H groups in total. The van der Waals surface area contributed by atoms with Crippen molar-refractivity contribution in [1.82, 2.24) is 5.32 Å². The largest absolute Gasteiger partial charge is 0.496 e. The molecule has 0 bridgehead atoms. The van der Waals surface area contributed by atoms with E-state index in [0.717, 1.165) is 0 Å². The molecule has 0 saturated heterocycles. The Kier molecular flexibility index (Phi) is 7.54. The highest BCUT2D eigenvalue weighted by molar-refractivity contribution is 6.22. The average molecular weight is 396 g/mol. The Balaban J connectivity index is 2.43. The molecule has 0 radical (unpaired) electrons. The lowest BCUT2D eigenvalue weighted by Crippen LogP contribution is -2.45. The predicted molar refractivity (Wildman–Crippen MR) is 110 cm³/mol. The summed E-state index contributed by atoms with van der Waals surface area (Å²) in [5.41, 5.74) is 6.54. The minimum atomic E-state index is -1.18. The van der Waals surface area contributed by atoms with Crippen molar-refractivity contribution in [3.63, 3.8) is 0 Å². The summed E-state index contributed by atoms with van der Waals surface area (Å²) in [4.78, 5) is 36.3. The van der Waals surface area contributed by atoms with E-state index in [2.05, 4.69) is 0 Å². The lowest BCUT2D eigenvalue weighted by molar-refractivity contribution is -0.152. The summed E-state index contributed by atoms with van der Waals surface area (Å²) in [5.74, 6) is -1.27. The van der Waals surface area contributed by atoms with Crippen molar-refractivity contribution < 1.29 is 23.9 Å². The maximum Gasteiger partial charge on any atom is 0.339 e. The van der Waals surface area contributed by atoms with Gasteiger partial charge in [0.1, 0.15) is 5.75 Å². The van der Waals surface area contributed by atoms with E-state index in [4.69, 9.17) is 15.2 Å². The van der Waals surface area contributed by atoms with E-state index in [1.165, 1.54) is 7.11 Å². The minimum absolute atomic E-state index is 0.243. The highest BCUT2D eigenvalue weighted by Crippen LogP contribution is 2.26. The van der Waals surface area contributed by atoms with Gasteiger partial charge in [0, 0.05) is 5.56 Å². The van der Waals surface area contributed by atoms with Gasteiger partial charge in [-0.3, -0.25) is 10.1 Å². The fraction of sp³-hybridized carbons (Fsp3) is 0.227. The summed E-state index contributed by atoms with van der Waals surface area (Å²) in [6.45, 7) is 3.40. The summed E-state index contributed by atoms with van der Waals surface area (Å²) < 4.78 is 10.8. The van der Waals surface area contributed by atoms with Crippen LogP contribution in [0.3, 0.4) is 0 Å². The Labute approximate surface area is 169 Å². The number of carbonyl (C=O) groups is 3. The van der Waals surface area contributed by atoms with Crippen molar-refractivity contribution in [2.45, 2.75) is 20.0 Å². The molecular formula is C22H24N2O5. The number of esters is 1. The van der Waals surface area contributed by atoms with Gasteiger partial charge in [-0.1, -0.05) is 62.4 Å². The molecule has 2 rings (SSSR count). The number of carbonyl (C=O) groups excluding carboxylic acids is 3. The second-order valence-electron chi connectivity index (χ2n) is 6.59.